The summed E-state index contributed by atoms with van der Waals surface area (Å²) in [5, 5.41) is 9.07. The number of carbonyl (C=O) groups is 1. The molecule has 0 heterocycles. The molecule has 0 aliphatic carbocycles. The van der Waals surface area contributed by atoms with Gasteiger partial charge >= 0.3 is 5.97 Å². The molecule has 110 valence electrons. The summed E-state index contributed by atoms with van der Waals surface area (Å²) in [4.78, 5) is 12.8. The molecule has 0 radical (unpaired) electrons. The number of hydrogen-bond donors (Lipinski definition) is 2. The van der Waals surface area contributed by atoms with E-state index < -0.39 is 11.8 Å². The van der Waals surface area contributed by atoms with Crippen LogP contribution in [0.5, 0.6) is 0 Å². The van der Waals surface area contributed by atoms with Crippen molar-refractivity contribution in [1.82, 2.24) is 0 Å². The highest BCUT2D eigenvalue weighted by Gasteiger charge is 2.16. The second-order valence-corrected chi connectivity index (χ2v) is 5.04. The third-order valence-electron chi connectivity index (χ3n) is 3.26. The first-order chi connectivity index (χ1) is 9.88. The monoisotopic (exact) mass is 288 g/mol. The Kier molecular flexibility index (Phi) is 4.12. The van der Waals surface area contributed by atoms with Gasteiger partial charge in [0.1, 0.15) is 5.82 Å². The minimum absolute atomic E-state index is 0.0762. The van der Waals surface area contributed by atoms with Crippen LogP contribution in [0.2, 0.25) is 0 Å². The Balaban J connectivity index is 2.32. The van der Waals surface area contributed by atoms with E-state index in [4.69, 9.17) is 10.8 Å². The summed E-state index contributed by atoms with van der Waals surface area (Å²) in [7, 11) is 1.71. The predicted molar refractivity (Wildman–Crippen MR) is 81.1 cm³/mol. The first-order valence-corrected chi connectivity index (χ1v) is 6.47. The van der Waals surface area contributed by atoms with Crippen molar-refractivity contribution in [1.29, 1.82) is 0 Å². The van der Waals surface area contributed by atoms with E-state index in [-0.39, 0.29) is 16.9 Å². The van der Waals surface area contributed by atoms with Gasteiger partial charge in [0.15, 0.2) is 0 Å². The van der Waals surface area contributed by atoms with E-state index in [0.29, 0.717) is 6.54 Å². The second-order valence-electron chi connectivity index (χ2n) is 5.04. The first-order valence-electron chi connectivity index (χ1n) is 6.47. The van der Waals surface area contributed by atoms with Crippen molar-refractivity contribution in [3.8, 4) is 0 Å². The van der Waals surface area contributed by atoms with E-state index in [9.17, 15) is 9.18 Å². The number of anilines is 2. The van der Waals surface area contributed by atoms with Gasteiger partial charge in [0, 0.05) is 19.3 Å². The fourth-order valence-electron chi connectivity index (χ4n) is 2.22. The van der Waals surface area contributed by atoms with Gasteiger partial charge in [0.25, 0.3) is 0 Å². The fraction of sp³-hybridized carbons (Fsp3) is 0.188. The van der Waals surface area contributed by atoms with Crippen LogP contribution in [0, 0.1) is 12.7 Å². The maximum absolute atomic E-state index is 14.0. The summed E-state index contributed by atoms with van der Waals surface area (Å²) in [5.41, 5.74) is 7.70. The first kappa shape index (κ1) is 14.8. The Morgan fingerprint density at radius 2 is 2.05 bits per heavy atom. The lowest BCUT2D eigenvalue weighted by Gasteiger charge is -2.21. The van der Waals surface area contributed by atoms with Crippen molar-refractivity contribution >= 4 is 17.3 Å². The summed E-state index contributed by atoms with van der Waals surface area (Å²) < 4.78 is 14.0. The molecule has 0 spiro atoms. The van der Waals surface area contributed by atoms with Crippen molar-refractivity contribution < 1.29 is 14.3 Å². The van der Waals surface area contributed by atoms with Gasteiger partial charge in [-0.15, -0.1) is 0 Å². The number of rotatable bonds is 4. The van der Waals surface area contributed by atoms with Crippen LogP contribution in [0.3, 0.4) is 0 Å². The van der Waals surface area contributed by atoms with Gasteiger partial charge < -0.3 is 15.7 Å². The highest BCUT2D eigenvalue weighted by molar-refractivity contribution is 5.95. The number of aromatic carboxylic acids is 1. The molecule has 0 saturated carbocycles. The number of nitrogens with zero attached hydrogens (tertiary/aromatic N) is 1. The molecular formula is C16H17FN2O2. The van der Waals surface area contributed by atoms with Crippen molar-refractivity contribution in [2.24, 2.45) is 0 Å². The van der Waals surface area contributed by atoms with Crippen molar-refractivity contribution in [2.45, 2.75) is 13.5 Å². The second kappa shape index (κ2) is 5.83. The van der Waals surface area contributed by atoms with Crippen molar-refractivity contribution in [3.63, 3.8) is 0 Å². The van der Waals surface area contributed by atoms with Crippen LogP contribution in [-0.4, -0.2) is 18.1 Å². The number of nitrogen functional groups attached to an aromatic ring is 1. The lowest BCUT2D eigenvalue weighted by molar-refractivity contribution is 0.0698. The van der Waals surface area contributed by atoms with Gasteiger partial charge in [-0.1, -0.05) is 29.8 Å². The van der Waals surface area contributed by atoms with Gasteiger partial charge in [-0.2, -0.15) is 0 Å². The van der Waals surface area contributed by atoms with Crippen molar-refractivity contribution in [2.75, 3.05) is 17.7 Å². The van der Waals surface area contributed by atoms with E-state index in [1.54, 1.807) is 11.9 Å². The predicted octanol–water partition coefficient (Wildman–Crippen LogP) is 3.05. The average molecular weight is 288 g/mol. The molecule has 3 N–H and O–H groups in total. The van der Waals surface area contributed by atoms with Crippen LogP contribution < -0.4 is 10.6 Å². The third-order valence-corrected chi connectivity index (χ3v) is 3.26. The molecule has 2 aromatic rings. The minimum atomic E-state index is -1.17. The van der Waals surface area contributed by atoms with Crippen LogP contribution in [0.1, 0.15) is 21.5 Å². The molecule has 2 rings (SSSR count). The molecule has 5 heteroatoms. The molecular weight excluding hydrogens is 271 g/mol. The molecule has 2 aromatic carbocycles. The molecule has 0 unspecified atom stereocenters. The largest absolute Gasteiger partial charge is 0.478 e. The standard InChI is InChI=1S/C16H17FN2O2/c1-10-4-3-5-11(6-10)9-19(2)15-7-12(16(20)21)14(18)8-13(15)17/h3-8H,9,18H2,1-2H3,(H,20,21). The van der Waals surface area contributed by atoms with E-state index in [0.717, 1.165) is 17.2 Å². The molecule has 0 amide bonds. The number of nitrogens with two attached hydrogens (primary N) is 1. The number of benzene rings is 2. The van der Waals surface area contributed by atoms with Crippen LogP contribution in [-0.2, 0) is 6.54 Å². The number of hydrogen-bond acceptors (Lipinski definition) is 3. The molecule has 0 aromatic heterocycles. The molecule has 0 atom stereocenters. The van der Waals surface area contributed by atoms with Crippen LogP contribution in [0.4, 0.5) is 15.8 Å². The molecule has 0 aliphatic heterocycles. The van der Waals surface area contributed by atoms with Gasteiger partial charge in [-0.3, -0.25) is 0 Å². The lowest BCUT2D eigenvalue weighted by atomic mass is 10.1. The van der Waals surface area contributed by atoms with Gasteiger partial charge in [-0.25, -0.2) is 9.18 Å². The summed E-state index contributed by atoms with van der Waals surface area (Å²) in [6.45, 7) is 2.46. The van der Waals surface area contributed by atoms with E-state index in [2.05, 4.69) is 0 Å². The Morgan fingerprint density at radius 1 is 1.33 bits per heavy atom. The summed E-state index contributed by atoms with van der Waals surface area (Å²) in [6.07, 6.45) is 0. The van der Waals surface area contributed by atoms with Crippen molar-refractivity contribution in [3.05, 3.63) is 58.9 Å². The zero-order chi connectivity index (χ0) is 15.6. The zero-order valence-corrected chi connectivity index (χ0v) is 11.9. The summed E-state index contributed by atoms with van der Waals surface area (Å²) in [5.74, 6) is -1.70. The lowest BCUT2D eigenvalue weighted by Crippen LogP contribution is -2.19. The average Bonchev–Trinajstić information content (AvgIpc) is 2.37. The molecule has 0 bridgehead atoms. The van der Waals surface area contributed by atoms with Crippen LogP contribution in [0.15, 0.2) is 36.4 Å². The highest BCUT2D eigenvalue weighted by atomic mass is 19.1. The molecule has 0 fully saturated rings. The number of aryl methyl sites for hydroxylation is 1. The van der Waals surface area contributed by atoms with Gasteiger partial charge in [0.05, 0.1) is 11.3 Å². The Morgan fingerprint density at radius 3 is 2.67 bits per heavy atom. The molecule has 4 nitrogen and oxygen atoms in total. The minimum Gasteiger partial charge on any atom is -0.478 e. The van der Waals surface area contributed by atoms with Crippen LogP contribution in [0.25, 0.3) is 0 Å². The zero-order valence-electron chi connectivity index (χ0n) is 11.9. The third kappa shape index (κ3) is 3.31. The van der Waals surface area contributed by atoms with E-state index in [1.807, 2.05) is 31.2 Å². The normalized spacial score (nSPS) is 10.4. The quantitative estimate of drug-likeness (QED) is 0.849. The Hall–Kier alpha value is -2.56. The smallest absolute Gasteiger partial charge is 0.337 e. The molecule has 21 heavy (non-hydrogen) atoms. The fourth-order valence-corrected chi connectivity index (χ4v) is 2.22. The highest BCUT2D eigenvalue weighted by Crippen LogP contribution is 2.26. The maximum atomic E-state index is 14.0. The van der Waals surface area contributed by atoms with E-state index >= 15 is 0 Å². The van der Waals surface area contributed by atoms with Gasteiger partial charge in [0.2, 0.25) is 0 Å². The number of carboxylic acid groups (broad SMARTS) is 1. The van der Waals surface area contributed by atoms with Gasteiger partial charge in [-0.05, 0) is 24.6 Å². The maximum Gasteiger partial charge on any atom is 0.337 e. The topological polar surface area (TPSA) is 66.6 Å². The van der Waals surface area contributed by atoms with Crippen LogP contribution >= 0.6 is 0 Å². The Labute approximate surface area is 122 Å². The molecule has 0 aliphatic rings. The SMILES string of the molecule is Cc1cccc(CN(C)c2cc(C(=O)O)c(N)cc2F)c1. The summed E-state index contributed by atoms with van der Waals surface area (Å²) in [6, 6.07) is 10.2. The number of halogens is 1. The summed E-state index contributed by atoms with van der Waals surface area (Å²) >= 11 is 0. The van der Waals surface area contributed by atoms with E-state index in [1.165, 1.54) is 6.07 Å². The number of carboxylic acids is 1. The molecule has 0 saturated heterocycles. The Bertz CT molecular complexity index is 686.